The summed E-state index contributed by atoms with van der Waals surface area (Å²) in [6.45, 7) is 6.45. The third-order valence-corrected chi connectivity index (χ3v) is 5.41. The second-order valence-electron chi connectivity index (χ2n) is 7.39. The van der Waals surface area contributed by atoms with Gasteiger partial charge in [0, 0.05) is 61.9 Å². The highest BCUT2D eigenvalue weighted by Crippen LogP contribution is 2.24. The maximum atomic E-state index is 11.4. The second kappa shape index (κ2) is 8.82. The normalized spacial score (nSPS) is 13.9. The van der Waals surface area contributed by atoms with Crippen LogP contribution in [0.2, 0.25) is 0 Å². The molecule has 0 radical (unpaired) electrons. The van der Waals surface area contributed by atoms with Crippen molar-refractivity contribution >= 4 is 23.2 Å². The minimum atomic E-state index is -0.464. The van der Waals surface area contributed by atoms with Crippen LogP contribution in [0.5, 0.6) is 0 Å². The van der Waals surface area contributed by atoms with Gasteiger partial charge in [0.1, 0.15) is 11.6 Å². The number of amides is 1. The van der Waals surface area contributed by atoms with Gasteiger partial charge in [0.15, 0.2) is 0 Å². The quantitative estimate of drug-likeness (QED) is 0.659. The van der Waals surface area contributed by atoms with Gasteiger partial charge in [-0.25, -0.2) is 9.97 Å². The zero-order valence-corrected chi connectivity index (χ0v) is 17.1. The van der Waals surface area contributed by atoms with E-state index in [1.54, 1.807) is 18.3 Å². The van der Waals surface area contributed by atoms with Gasteiger partial charge in [-0.1, -0.05) is 24.3 Å². The van der Waals surface area contributed by atoms with Crippen molar-refractivity contribution in [1.29, 1.82) is 0 Å². The lowest BCUT2D eigenvalue weighted by atomic mass is 10.1. The van der Waals surface area contributed by atoms with Crippen LogP contribution in [0.25, 0.3) is 0 Å². The highest BCUT2D eigenvalue weighted by Gasteiger charge is 2.21. The van der Waals surface area contributed by atoms with Crippen LogP contribution >= 0.6 is 0 Å². The Morgan fingerprint density at radius 2 is 1.77 bits per heavy atom. The number of nitrogens with one attached hydrogen (secondary N) is 1. The Bertz CT molecular complexity index is 1030. The number of para-hydroxylation sites is 1. The molecule has 1 fully saturated rings. The summed E-state index contributed by atoms with van der Waals surface area (Å²) in [6.07, 6.45) is 3.41. The molecule has 1 aromatic carbocycles. The molecule has 1 saturated heterocycles. The number of nitrogens with two attached hydrogens (primary N) is 1. The van der Waals surface area contributed by atoms with E-state index in [2.05, 4.69) is 62.3 Å². The number of primary amides is 1. The minimum absolute atomic E-state index is 0.436. The Hall–Kier alpha value is -3.61. The van der Waals surface area contributed by atoms with Gasteiger partial charge in [-0.3, -0.25) is 4.79 Å². The lowest BCUT2D eigenvalue weighted by molar-refractivity contribution is 0.1000. The molecule has 0 aliphatic carbocycles. The van der Waals surface area contributed by atoms with E-state index < -0.39 is 5.91 Å². The summed E-state index contributed by atoms with van der Waals surface area (Å²) in [5, 5.41) is 3.28. The summed E-state index contributed by atoms with van der Waals surface area (Å²) in [5.74, 6) is 1.14. The second-order valence-corrected chi connectivity index (χ2v) is 7.39. The molecule has 0 atom stereocenters. The van der Waals surface area contributed by atoms with Gasteiger partial charge in [0.2, 0.25) is 5.91 Å². The highest BCUT2D eigenvalue weighted by molar-refractivity contribution is 5.93. The van der Waals surface area contributed by atoms with Crippen LogP contribution < -0.4 is 20.9 Å². The fraction of sp³-hybridized carbons (Fsp3) is 0.261. The summed E-state index contributed by atoms with van der Waals surface area (Å²) >= 11 is 0. The SMILES string of the molecule is Cc1ccccc1N1CCN(c2ncccc2CNc2cc(C(N)=O)ccn2)CC1. The van der Waals surface area contributed by atoms with E-state index in [1.807, 2.05) is 12.3 Å². The molecule has 3 heterocycles. The van der Waals surface area contributed by atoms with E-state index in [0.29, 0.717) is 17.9 Å². The van der Waals surface area contributed by atoms with Crippen molar-refractivity contribution in [2.75, 3.05) is 41.3 Å². The highest BCUT2D eigenvalue weighted by atomic mass is 16.1. The summed E-state index contributed by atoms with van der Waals surface area (Å²) in [4.78, 5) is 25.1. The van der Waals surface area contributed by atoms with Gasteiger partial charge in [0.05, 0.1) is 0 Å². The Morgan fingerprint density at radius 1 is 1.00 bits per heavy atom. The van der Waals surface area contributed by atoms with Crippen LogP contribution in [-0.4, -0.2) is 42.1 Å². The van der Waals surface area contributed by atoms with E-state index in [1.165, 1.54) is 11.3 Å². The molecule has 3 aromatic rings. The molecule has 0 bridgehead atoms. The summed E-state index contributed by atoms with van der Waals surface area (Å²) in [6, 6.07) is 15.8. The van der Waals surface area contributed by atoms with Crippen molar-refractivity contribution in [1.82, 2.24) is 9.97 Å². The molecule has 4 rings (SSSR count). The number of hydrogen-bond acceptors (Lipinski definition) is 6. The standard InChI is InChI=1S/C23H26N6O/c1-17-5-2-3-7-20(17)28-11-13-29(14-12-28)23-19(6-4-9-26-23)16-27-21-15-18(22(24)30)8-10-25-21/h2-10,15H,11-14,16H2,1H3,(H2,24,30)(H,25,27). The van der Waals surface area contributed by atoms with Crippen LogP contribution in [-0.2, 0) is 6.54 Å². The summed E-state index contributed by atoms with van der Waals surface area (Å²) in [7, 11) is 0. The molecule has 0 unspecified atom stereocenters. The zero-order valence-electron chi connectivity index (χ0n) is 17.1. The van der Waals surface area contributed by atoms with Crippen molar-refractivity contribution in [3.05, 3.63) is 77.6 Å². The number of aryl methyl sites for hydroxylation is 1. The molecule has 7 heteroatoms. The third-order valence-electron chi connectivity index (χ3n) is 5.41. The molecule has 2 aromatic heterocycles. The van der Waals surface area contributed by atoms with Crippen molar-refractivity contribution in [2.45, 2.75) is 13.5 Å². The number of piperazine rings is 1. The van der Waals surface area contributed by atoms with Gasteiger partial charge in [-0.05, 0) is 36.8 Å². The van der Waals surface area contributed by atoms with E-state index in [9.17, 15) is 4.79 Å². The lowest BCUT2D eigenvalue weighted by Gasteiger charge is -2.38. The van der Waals surface area contributed by atoms with Crippen LogP contribution in [0.1, 0.15) is 21.5 Å². The topological polar surface area (TPSA) is 87.4 Å². The molecule has 1 aliphatic rings. The van der Waals surface area contributed by atoms with Crippen LogP contribution in [0.3, 0.4) is 0 Å². The molecular formula is C23H26N6O. The van der Waals surface area contributed by atoms with Gasteiger partial charge in [-0.15, -0.1) is 0 Å². The Labute approximate surface area is 176 Å². The van der Waals surface area contributed by atoms with Gasteiger partial charge >= 0.3 is 0 Å². The largest absolute Gasteiger partial charge is 0.368 e. The first-order valence-electron chi connectivity index (χ1n) is 10.1. The number of aromatic nitrogens is 2. The Balaban J connectivity index is 1.43. The molecular weight excluding hydrogens is 376 g/mol. The van der Waals surface area contributed by atoms with Crippen LogP contribution in [0.4, 0.5) is 17.3 Å². The first kappa shape index (κ1) is 19.7. The monoisotopic (exact) mass is 402 g/mol. The summed E-state index contributed by atoms with van der Waals surface area (Å²) < 4.78 is 0. The van der Waals surface area contributed by atoms with Crippen molar-refractivity contribution in [2.24, 2.45) is 5.73 Å². The average molecular weight is 403 g/mol. The van der Waals surface area contributed by atoms with Gasteiger partial charge < -0.3 is 20.9 Å². The Morgan fingerprint density at radius 3 is 2.53 bits per heavy atom. The van der Waals surface area contributed by atoms with Crippen LogP contribution in [0.15, 0.2) is 60.9 Å². The van der Waals surface area contributed by atoms with E-state index in [-0.39, 0.29) is 0 Å². The van der Waals surface area contributed by atoms with E-state index >= 15 is 0 Å². The zero-order chi connectivity index (χ0) is 20.9. The molecule has 1 amide bonds. The fourth-order valence-electron chi connectivity index (χ4n) is 3.80. The van der Waals surface area contributed by atoms with Gasteiger partial charge in [0.25, 0.3) is 0 Å². The van der Waals surface area contributed by atoms with Crippen molar-refractivity contribution < 1.29 is 4.79 Å². The van der Waals surface area contributed by atoms with E-state index in [0.717, 1.165) is 37.6 Å². The predicted molar refractivity (Wildman–Crippen MR) is 120 cm³/mol. The number of rotatable bonds is 6. The molecule has 154 valence electrons. The fourth-order valence-corrected chi connectivity index (χ4v) is 3.80. The maximum Gasteiger partial charge on any atom is 0.248 e. The molecule has 1 aliphatic heterocycles. The number of carbonyl (C=O) groups excluding carboxylic acids is 1. The number of nitrogens with zero attached hydrogens (tertiary/aromatic N) is 4. The molecule has 30 heavy (non-hydrogen) atoms. The number of hydrogen-bond donors (Lipinski definition) is 2. The first-order valence-corrected chi connectivity index (χ1v) is 10.1. The van der Waals surface area contributed by atoms with E-state index in [4.69, 9.17) is 5.73 Å². The number of carbonyl (C=O) groups is 1. The van der Waals surface area contributed by atoms with Crippen molar-refractivity contribution in [3.8, 4) is 0 Å². The first-order chi connectivity index (χ1) is 14.6. The number of anilines is 3. The molecule has 0 saturated carbocycles. The van der Waals surface area contributed by atoms with Crippen LogP contribution in [0, 0.1) is 6.92 Å². The predicted octanol–water partition coefficient (Wildman–Crippen LogP) is 2.82. The minimum Gasteiger partial charge on any atom is -0.368 e. The lowest BCUT2D eigenvalue weighted by Crippen LogP contribution is -2.47. The summed E-state index contributed by atoms with van der Waals surface area (Å²) in [5.41, 5.74) is 9.50. The molecule has 3 N–H and O–H groups in total. The molecule has 0 spiro atoms. The molecule has 7 nitrogen and oxygen atoms in total. The van der Waals surface area contributed by atoms with Gasteiger partial charge in [-0.2, -0.15) is 0 Å². The Kier molecular flexibility index (Phi) is 5.79. The van der Waals surface area contributed by atoms with Crippen molar-refractivity contribution in [3.63, 3.8) is 0 Å². The smallest absolute Gasteiger partial charge is 0.248 e. The average Bonchev–Trinajstić information content (AvgIpc) is 2.79. The maximum absolute atomic E-state index is 11.4. The number of pyridine rings is 2. The number of benzene rings is 1. The third kappa shape index (κ3) is 4.35.